The summed E-state index contributed by atoms with van der Waals surface area (Å²) < 4.78 is 49.4. The third-order valence-electron chi connectivity index (χ3n) is 6.26. The molecule has 1 amide bonds. The van der Waals surface area contributed by atoms with Crippen molar-refractivity contribution in [2.45, 2.75) is 18.7 Å². The number of aromatic nitrogens is 4. The van der Waals surface area contributed by atoms with E-state index in [1.54, 1.807) is 36.7 Å². The van der Waals surface area contributed by atoms with Crippen LogP contribution in [0.25, 0.3) is 16.5 Å². The van der Waals surface area contributed by atoms with E-state index < -0.39 is 29.4 Å². The Morgan fingerprint density at radius 3 is 2.52 bits per heavy atom. The number of hydrazine groups is 2. The molecule has 40 heavy (non-hydrogen) atoms. The average molecular weight is 571 g/mol. The van der Waals surface area contributed by atoms with E-state index in [9.17, 15) is 22.8 Å². The molecule has 1 saturated heterocycles. The van der Waals surface area contributed by atoms with Crippen LogP contribution in [-0.4, -0.2) is 38.0 Å². The second-order valence-electron chi connectivity index (χ2n) is 8.84. The third-order valence-corrected chi connectivity index (χ3v) is 6.54. The Balaban J connectivity index is 1.36. The van der Waals surface area contributed by atoms with Gasteiger partial charge in [0.2, 0.25) is 0 Å². The van der Waals surface area contributed by atoms with Crippen molar-refractivity contribution in [3.63, 3.8) is 0 Å². The summed E-state index contributed by atoms with van der Waals surface area (Å²) >= 11 is 6.26. The molecule has 0 radical (unpaired) electrons. The van der Waals surface area contributed by atoms with Crippen LogP contribution in [0.1, 0.15) is 34.3 Å². The van der Waals surface area contributed by atoms with Crippen LogP contribution < -0.4 is 21.3 Å². The summed E-state index contributed by atoms with van der Waals surface area (Å²) in [6.45, 7) is -0.0506. The van der Waals surface area contributed by atoms with Gasteiger partial charge in [-0.25, -0.2) is 9.67 Å². The zero-order chi connectivity index (χ0) is 28.0. The number of amides is 1. The number of ether oxygens (including phenoxy) is 1. The fourth-order valence-corrected chi connectivity index (χ4v) is 4.78. The largest absolute Gasteiger partial charge is 0.434 e. The lowest BCUT2D eigenvalue weighted by Gasteiger charge is -2.19. The molecule has 6 rings (SSSR count). The summed E-state index contributed by atoms with van der Waals surface area (Å²) in [5.74, 6) is -0.867. The number of carbonyl (C=O) groups excluding carboxylic acids is 2. The van der Waals surface area contributed by atoms with E-state index in [2.05, 4.69) is 31.2 Å². The summed E-state index contributed by atoms with van der Waals surface area (Å²) in [6.07, 6.45) is 1.08. The van der Waals surface area contributed by atoms with E-state index in [1.165, 1.54) is 23.6 Å². The van der Waals surface area contributed by atoms with Crippen molar-refractivity contribution < 1.29 is 27.5 Å². The topological polar surface area (TPSA) is 126 Å². The number of benzene rings is 1. The maximum absolute atomic E-state index is 14.4. The van der Waals surface area contributed by atoms with E-state index in [1.807, 2.05) is 0 Å². The van der Waals surface area contributed by atoms with Gasteiger partial charge in [0.05, 0.1) is 46.2 Å². The Kier molecular flexibility index (Phi) is 6.27. The highest BCUT2D eigenvalue weighted by Crippen LogP contribution is 2.38. The fourth-order valence-electron chi connectivity index (χ4n) is 4.53. The standard InChI is InChI=1S/C25H18ClF3N8O3/c26-18-7-13(9-31-23(18)37-32-5-6-33-37)35-24(39)17-10-34-36(22(17)25(27,28)29)19-11-30-21(20-8-14(38)12-40-20)16-4-2-1-3-15(16)19/h1-7,9-11,20,32-33H,8,12H2,(H,35,39)/t20-/m1/s1. The highest BCUT2D eigenvalue weighted by atomic mass is 35.5. The molecule has 204 valence electrons. The number of hydrogen-bond donors (Lipinski definition) is 3. The molecule has 0 aliphatic carbocycles. The van der Waals surface area contributed by atoms with Crippen molar-refractivity contribution in [2.75, 3.05) is 17.0 Å². The maximum Gasteiger partial charge on any atom is 0.434 e. The molecule has 15 heteroatoms. The van der Waals surface area contributed by atoms with Gasteiger partial charge in [0.15, 0.2) is 17.3 Å². The van der Waals surface area contributed by atoms with E-state index in [4.69, 9.17) is 16.3 Å². The number of Topliss-reactive ketones (excluding diaryl/α,β-unsaturated/α-hetero) is 1. The normalized spacial score (nSPS) is 16.9. The number of rotatable bonds is 5. The Morgan fingerprint density at radius 2 is 1.85 bits per heavy atom. The first-order valence-electron chi connectivity index (χ1n) is 11.8. The first kappa shape index (κ1) is 25.6. The molecule has 0 unspecified atom stereocenters. The maximum atomic E-state index is 14.4. The van der Waals surface area contributed by atoms with Crippen LogP contribution in [0.4, 0.5) is 24.7 Å². The van der Waals surface area contributed by atoms with Crippen LogP contribution in [0.3, 0.4) is 0 Å². The number of pyridine rings is 2. The van der Waals surface area contributed by atoms with E-state index in [0.717, 1.165) is 6.20 Å². The molecule has 1 fully saturated rings. The van der Waals surface area contributed by atoms with Crippen LogP contribution in [0, 0.1) is 0 Å². The molecule has 3 aromatic heterocycles. The molecule has 11 nitrogen and oxygen atoms in total. The number of nitrogens with zero attached hydrogens (tertiary/aromatic N) is 5. The van der Waals surface area contributed by atoms with Gasteiger partial charge in [-0.15, -0.1) is 0 Å². The molecule has 0 bridgehead atoms. The molecular formula is C25H18ClF3N8O3. The lowest BCUT2D eigenvalue weighted by molar-refractivity contribution is -0.143. The van der Waals surface area contributed by atoms with Gasteiger partial charge >= 0.3 is 6.18 Å². The summed E-state index contributed by atoms with van der Waals surface area (Å²) in [5, 5.41) is 8.75. The van der Waals surface area contributed by atoms with Gasteiger partial charge in [0.25, 0.3) is 5.91 Å². The first-order chi connectivity index (χ1) is 19.2. The molecule has 4 aromatic rings. The Bertz CT molecular complexity index is 1680. The number of halogens is 4. The Hall–Kier alpha value is -4.69. The van der Waals surface area contributed by atoms with Crippen molar-refractivity contribution in [3.05, 3.63) is 83.3 Å². The number of ketones is 1. The van der Waals surface area contributed by atoms with Gasteiger partial charge in [-0.05, 0) is 6.07 Å². The summed E-state index contributed by atoms with van der Waals surface area (Å²) in [5.41, 5.74) is 4.16. The smallest absolute Gasteiger partial charge is 0.364 e. The van der Waals surface area contributed by atoms with Gasteiger partial charge in [-0.3, -0.25) is 25.4 Å². The van der Waals surface area contributed by atoms with Gasteiger partial charge in [0.1, 0.15) is 12.7 Å². The molecule has 1 aromatic carbocycles. The second-order valence-corrected chi connectivity index (χ2v) is 9.25. The highest BCUT2D eigenvalue weighted by molar-refractivity contribution is 6.33. The monoisotopic (exact) mass is 570 g/mol. The van der Waals surface area contributed by atoms with Gasteiger partial charge in [0, 0.05) is 29.6 Å². The number of hydrogen-bond acceptors (Lipinski definition) is 9. The quantitative estimate of drug-likeness (QED) is 0.325. The molecule has 0 spiro atoms. The number of nitrogens with one attached hydrogen (secondary N) is 3. The molecule has 0 saturated carbocycles. The zero-order valence-corrected chi connectivity index (χ0v) is 21.0. The van der Waals surface area contributed by atoms with Gasteiger partial charge < -0.3 is 10.1 Å². The number of carbonyl (C=O) groups is 2. The molecule has 1 atom stereocenters. The van der Waals surface area contributed by atoms with Crippen molar-refractivity contribution in [2.24, 2.45) is 0 Å². The molecule has 2 aliphatic heterocycles. The average Bonchev–Trinajstić information content (AvgIpc) is 3.69. The predicted molar refractivity (Wildman–Crippen MR) is 137 cm³/mol. The first-order valence-corrected chi connectivity index (χ1v) is 12.2. The van der Waals surface area contributed by atoms with Crippen LogP contribution in [0.5, 0.6) is 0 Å². The van der Waals surface area contributed by atoms with Crippen molar-refractivity contribution in [1.29, 1.82) is 0 Å². The number of anilines is 2. The zero-order valence-electron chi connectivity index (χ0n) is 20.2. The van der Waals surface area contributed by atoms with Gasteiger partial charge in [-0.2, -0.15) is 23.4 Å². The van der Waals surface area contributed by atoms with Crippen molar-refractivity contribution >= 4 is 45.6 Å². The fraction of sp³-hybridized carbons (Fsp3) is 0.160. The second kappa shape index (κ2) is 9.81. The van der Waals surface area contributed by atoms with Gasteiger partial charge in [-0.1, -0.05) is 35.9 Å². The lowest BCUT2D eigenvalue weighted by atomic mass is 10.0. The molecular weight excluding hydrogens is 553 g/mol. The summed E-state index contributed by atoms with van der Waals surface area (Å²) in [6, 6.07) is 8.01. The van der Waals surface area contributed by atoms with Crippen molar-refractivity contribution in [3.8, 4) is 5.69 Å². The van der Waals surface area contributed by atoms with Crippen LogP contribution in [-0.2, 0) is 15.7 Å². The molecule has 5 heterocycles. The number of fused-ring (bicyclic) bond motifs is 1. The minimum atomic E-state index is -4.95. The summed E-state index contributed by atoms with van der Waals surface area (Å²) in [7, 11) is 0. The SMILES string of the molecule is O=C1CO[C@@H](c2ncc(-n3ncc(C(=O)Nc4cnc(N5NC=CN5)c(Cl)c4)c3C(F)(F)F)c3ccccc23)C1. The molecule has 3 N–H and O–H groups in total. The molecule has 2 aliphatic rings. The highest BCUT2D eigenvalue weighted by Gasteiger charge is 2.41. The van der Waals surface area contributed by atoms with E-state index in [0.29, 0.717) is 21.1 Å². The third kappa shape index (κ3) is 4.56. The van der Waals surface area contributed by atoms with Crippen LogP contribution in [0.2, 0.25) is 5.02 Å². The van der Waals surface area contributed by atoms with Crippen molar-refractivity contribution in [1.82, 2.24) is 30.6 Å². The minimum absolute atomic E-state index is 0.00309. The van der Waals surface area contributed by atoms with Crippen LogP contribution in [0.15, 0.2) is 61.3 Å². The van der Waals surface area contributed by atoms with E-state index >= 15 is 0 Å². The number of alkyl halides is 3. The lowest BCUT2D eigenvalue weighted by Crippen LogP contribution is -2.38. The Labute approximate surface area is 228 Å². The van der Waals surface area contributed by atoms with Crippen LogP contribution >= 0.6 is 11.6 Å². The minimum Gasteiger partial charge on any atom is -0.364 e. The predicted octanol–water partition coefficient (Wildman–Crippen LogP) is 4.07. The van der Waals surface area contributed by atoms with E-state index in [-0.39, 0.29) is 41.0 Å². The summed E-state index contributed by atoms with van der Waals surface area (Å²) in [4.78, 5) is 33.3. The Morgan fingerprint density at radius 1 is 1.10 bits per heavy atom.